The summed E-state index contributed by atoms with van der Waals surface area (Å²) in [5.41, 5.74) is 0.424. The lowest BCUT2D eigenvalue weighted by Gasteiger charge is -2.29. The summed E-state index contributed by atoms with van der Waals surface area (Å²) in [6.07, 6.45) is -3.30. The number of sulfonamides is 1. The van der Waals surface area contributed by atoms with Crippen molar-refractivity contribution in [1.82, 2.24) is 4.98 Å². The Morgan fingerprint density at radius 3 is 2.43 bits per heavy atom. The third-order valence-corrected chi connectivity index (χ3v) is 8.17. The molecule has 0 bridgehead atoms. The number of hydrogen-bond acceptors (Lipinski definition) is 6. The van der Waals surface area contributed by atoms with Crippen molar-refractivity contribution in [2.75, 3.05) is 23.3 Å². The van der Waals surface area contributed by atoms with Crippen molar-refractivity contribution in [2.24, 2.45) is 0 Å². The topological polar surface area (TPSA) is 102 Å². The number of halogens is 4. The lowest BCUT2D eigenvalue weighted by molar-refractivity contribution is -0.137. The number of ether oxygens (including phenoxy) is 1. The van der Waals surface area contributed by atoms with Gasteiger partial charge in [0.25, 0.3) is 10.0 Å². The van der Waals surface area contributed by atoms with Gasteiger partial charge in [-0.25, -0.2) is 21.8 Å². The van der Waals surface area contributed by atoms with E-state index in [1.807, 2.05) is 0 Å². The van der Waals surface area contributed by atoms with Gasteiger partial charge in [0, 0.05) is 23.8 Å². The highest BCUT2D eigenvalue weighted by Gasteiger charge is 2.33. The normalized spacial score (nSPS) is 16.1. The van der Waals surface area contributed by atoms with E-state index in [-0.39, 0.29) is 40.8 Å². The molecule has 4 rings (SSSR count). The van der Waals surface area contributed by atoms with Crippen LogP contribution in [0.5, 0.6) is 5.75 Å². The first kappa shape index (κ1) is 26.9. The van der Waals surface area contributed by atoms with Gasteiger partial charge >= 0.3 is 6.18 Å². The third kappa shape index (κ3) is 6.39. The molecule has 2 aromatic carbocycles. The fraction of sp³-hybridized carbons (Fsp3) is 0.292. The third-order valence-electron chi connectivity index (χ3n) is 5.88. The molecular formula is C24H22F4N2O5S2. The molecule has 7 nitrogen and oxygen atoms in total. The highest BCUT2D eigenvalue weighted by Crippen LogP contribution is 2.42. The summed E-state index contributed by atoms with van der Waals surface area (Å²) in [5.74, 6) is -1.62. The smallest absolute Gasteiger partial charge is 0.416 e. The molecule has 0 saturated heterocycles. The Kier molecular flexibility index (Phi) is 7.21. The van der Waals surface area contributed by atoms with E-state index in [0.717, 1.165) is 24.5 Å². The van der Waals surface area contributed by atoms with Gasteiger partial charge in [0.15, 0.2) is 0 Å². The number of pyridine rings is 1. The maximum atomic E-state index is 13.4. The van der Waals surface area contributed by atoms with Gasteiger partial charge in [0.2, 0.25) is 5.95 Å². The van der Waals surface area contributed by atoms with Gasteiger partial charge in [-0.1, -0.05) is 18.2 Å². The number of nitrogens with one attached hydrogen (secondary N) is 1. The maximum Gasteiger partial charge on any atom is 0.416 e. The summed E-state index contributed by atoms with van der Waals surface area (Å²) in [7, 11) is -7.59. The van der Waals surface area contributed by atoms with Crippen LogP contribution in [-0.4, -0.2) is 40.4 Å². The zero-order valence-corrected chi connectivity index (χ0v) is 21.1. The molecule has 0 fully saturated rings. The van der Waals surface area contributed by atoms with Gasteiger partial charge < -0.3 is 4.74 Å². The number of aryl methyl sites for hydroxylation is 1. The van der Waals surface area contributed by atoms with Gasteiger partial charge in [0.1, 0.15) is 21.4 Å². The molecule has 0 aliphatic carbocycles. The Morgan fingerprint density at radius 2 is 1.76 bits per heavy atom. The first-order valence-corrected chi connectivity index (χ1v) is 14.6. The Labute approximate surface area is 211 Å². The van der Waals surface area contributed by atoms with E-state index in [2.05, 4.69) is 9.71 Å². The summed E-state index contributed by atoms with van der Waals surface area (Å²) < 4.78 is 110. The highest BCUT2D eigenvalue weighted by atomic mass is 32.2. The number of rotatable bonds is 7. The highest BCUT2D eigenvalue weighted by molar-refractivity contribution is 7.92. The minimum atomic E-state index is -4.60. The van der Waals surface area contributed by atoms with Gasteiger partial charge in [-0.05, 0) is 54.3 Å². The van der Waals surface area contributed by atoms with Crippen LogP contribution in [-0.2, 0) is 32.5 Å². The molecule has 0 spiro atoms. The number of alkyl halides is 3. The van der Waals surface area contributed by atoms with Crippen LogP contribution in [0.2, 0.25) is 0 Å². The molecule has 1 atom stereocenters. The molecule has 13 heteroatoms. The number of nitrogens with zero attached hydrogens (tertiary/aromatic N) is 1. The summed E-state index contributed by atoms with van der Waals surface area (Å²) in [5, 5.41) is 0. The molecule has 198 valence electrons. The van der Waals surface area contributed by atoms with Crippen molar-refractivity contribution < 1.29 is 39.1 Å². The average molecular weight is 559 g/mol. The van der Waals surface area contributed by atoms with Gasteiger partial charge in [0.05, 0.1) is 22.8 Å². The number of hydrogen-bond donors (Lipinski definition) is 1. The summed E-state index contributed by atoms with van der Waals surface area (Å²) in [4.78, 5) is 3.30. The Bertz CT molecular complexity index is 1540. The largest absolute Gasteiger partial charge is 0.493 e. The zero-order valence-electron chi connectivity index (χ0n) is 19.4. The Morgan fingerprint density at radius 1 is 1.03 bits per heavy atom. The average Bonchev–Trinajstić information content (AvgIpc) is 2.80. The van der Waals surface area contributed by atoms with Crippen molar-refractivity contribution >= 4 is 25.7 Å². The van der Waals surface area contributed by atoms with Crippen LogP contribution in [0.1, 0.15) is 34.6 Å². The van der Waals surface area contributed by atoms with Crippen molar-refractivity contribution in [3.63, 3.8) is 0 Å². The van der Waals surface area contributed by atoms with Crippen LogP contribution in [0.3, 0.4) is 0 Å². The van der Waals surface area contributed by atoms with Crippen LogP contribution in [0, 0.1) is 5.95 Å². The van der Waals surface area contributed by atoms with Crippen molar-refractivity contribution in [3.8, 4) is 5.75 Å². The van der Waals surface area contributed by atoms with Crippen LogP contribution >= 0.6 is 0 Å². The fourth-order valence-electron chi connectivity index (χ4n) is 4.16. The quantitative estimate of drug-likeness (QED) is 0.338. The van der Waals surface area contributed by atoms with Crippen molar-refractivity contribution in [2.45, 2.75) is 29.8 Å². The second-order valence-electron chi connectivity index (χ2n) is 8.63. The number of anilines is 1. The predicted molar refractivity (Wildman–Crippen MR) is 128 cm³/mol. The first-order valence-electron chi connectivity index (χ1n) is 11.0. The minimum Gasteiger partial charge on any atom is -0.493 e. The SMILES string of the molecule is CS(=O)(=O)CCc1cc(C(F)(F)F)ccc1[C@H]1CCOc2cc(S(=O)(=O)Nc3cccc(F)n3)ccc21. The van der Waals surface area contributed by atoms with E-state index in [9.17, 15) is 34.4 Å². The molecule has 1 N–H and O–H groups in total. The number of aromatic nitrogens is 1. The van der Waals surface area contributed by atoms with Crippen LogP contribution in [0.15, 0.2) is 59.5 Å². The lowest BCUT2D eigenvalue weighted by atomic mass is 9.83. The van der Waals surface area contributed by atoms with E-state index in [1.54, 1.807) is 0 Å². The lowest BCUT2D eigenvalue weighted by Crippen LogP contribution is -2.20. The summed E-state index contributed by atoms with van der Waals surface area (Å²) in [6.45, 7) is 0.159. The fourth-order valence-corrected chi connectivity index (χ4v) is 5.76. The molecule has 0 amide bonds. The molecule has 1 aliphatic heterocycles. The summed E-state index contributed by atoms with van der Waals surface area (Å²) in [6, 6.07) is 11.0. The molecule has 3 aromatic rings. The van der Waals surface area contributed by atoms with Crippen LogP contribution in [0.25, 0.3) is 0 Å². The standard InChI is InChI=1S/C24H22F4N2O5S2/c1-36(31,32)12-10-15-13-16(24(26,27)28)5-7-18(15)19-9-11-35-21-14-17(6-8-20(19)21)37(33,34)30-23-4-2-3-22(25)29-23/h2-8,13-14,19H,9-12H2,1H3,(H,29,30)/t19-/m1/s1. The van der Waals surface area contributed by atoms with Crippen molar-refractivity contribution in [3.05, 3.63) is 82.8 Å². The molecule has 37 heavy (non-hydrogen) atoms. The van der Waals surface area contributed by atoms with Crippen LogP contribution < -0.4 is 9.46 Å². The van der Waals surface area contributed by atoms with Gasteiger partial charge in [-0.2, -0.15) is 17.6 Å². The van der Waals surface area contributed by atoms with E-state index in [0.29, 0.717) is 17.5 Å². The molecular weight excluding hydrogens is 536 g/mol. The molecule has 1 aromatic heterocycles. The molecule has 2 heterocycles. The molecule has 0 unspecified atom stereocenters. The predicted octanol–water partition coefficient (Wildman–Crippen LogP) is 4.54. The monoisotopic (exact) mass is 558 g/mol. The van der Waals surface area contributed by atoms with E-state index >= 15 is 0 Å². The number of fused-ring (bicyclic) bond motifs is 1. The molecule has 0 radical (unpaired) electrons. The zero-order chi connectivity index (χ0) is 27.0. The molecule has 0 saturated carbocycles. The Hall–Kier alpha value is -3.19. The van der Waals surface area contributed by atoms with Gasteiger partial charge in [-0.15, -0.1) is 0 Å². The van der Waals surface area contributed by atoms with E-state index in [1.165, 1.54) is 36.4 Å². The first-order chi connectivity index (χ1) is 17.2. The maximum absolute atomic E-state index is 13.4. The number of sulfone groups is 1. The molecule has 1 aliphatic rings. The second kappa shape index (κ2) is 9.93. The van der Waals surface area contributed by atoms with Gasteiger partial charge in [-0.3, -0.25) is 4.72 Å². The van der Waals surface area contributed by atoms with E-state index in [4.69, 9.17) is 4.74 Å². The number of benzene rings is 2. The van der Waals surface area contributed by atoms with Crippen molar-refractivity contribution in [1.29, 1.82) is 0 Å². The van der Waals surface area contributed by atoms with Crippen LogP contribution in [0.4, 0.5) is 23.4 Å². The van der Waals surface area contributed by atoms with E-state index < -0.39 is 43.5 Å². The second-order valence-corrected chi connectivity index (χ2v) is 12.6. The minimum absolute atomic E-state index is 0.109. The Balaban J connectivity index is 1.70. The summed E-state index contributed by atoms with van der Waals surface area (Å²) >= 11 is 0.